The van der Waals surface area contributed by atoms with Crippen LogP contribution < -0.4 is 0 Å². The van der Waals surface area contributed by atoms with E-state index in [0.717, 1.165) is 11.6 Å². The maximum absolute atomic E-state index is 6.72. The molecule has 0 aromatic heterocycles. The molecular weight excluding hydrogens is 533 g/mol. The largest absolute Gasteiger partial charge is 0.538 e. The fourth-order valence-corrected chi connectivity index (χ4v) is 9.52. The van der Waals surface area contributed by atoms with Gasteiger partial charge in [0.2, 0.25) is 0 Å². The van der Waals surface area contributed by atoms with E-state index < -0.39 is 14.2 Å². The second kappa shape index (κ2) is 12.5. The van der Waals surface area contributed by atoms with E-state index in [1.54, 1.807) is 0 Å². The number of aryl methyl sites for hydroxylation is 4. The van der Waals surface area contributed by atoms with E-state index in [2.05, 4.69) is 119 Å². The van der Waals surface area contributed by atoms with Crippen LogP contribution in [0.25, 0.3) is 10.8 Å². The highest BCUT2D eigenvalue weighted by atomic mass is 28.4. The third-order valence-corrected chi connectivity index (χ3v) is 11.5. The highest BCUT2D eigenvalue weighted by Crippen LogP contribution is 2.59. The van der Waals surface area contributed by atoms with Crippen LogP contribution in [0, 0.1) is 27.7 Å². The van der Waals surface area contributed by atoms with Crippen molar-refractivity contribution in [1.29, 1.82) is 0 Å². The van der Waals surface area contributed by atoms with E-state index in [4.69, 9.17) is 13.3 Å². The molecule has 218 valence electrons. The zero-order valence-electron chi connectivity index (χ0n) is 26.2. The van der Waals surface area contributed by atoms with Crippen molar-refractivity contribution in [3.05, 3.63) is 141 Å². The third-order valence-electron chi connectivity index (χ3n) is 8.36. The summed E-state index contributed by atoms with van der Waals surface area (Å²) in [7, 11) is -3.38. The Morgan fingerprint density at radius 3 is 1.57 bits per heavy atom. The van der Waals surface area contributed by atoms with Crippen LogP contribution in [-0.4, -0.2) is 28.6 Å². The van der Waals surface area contributed by atoms with Crippen LogP contribution in [0.1, 0.15) is 70.8 Å². The summed E-state index contributed by atoms with van der Waals surface area (Å²) in [5.41, 5.74) is 11.9. The molecular formula is C38H44O3Si. The van der Waals surface area contributed by atoms with Gasteiger partial charge in [-0.3, -0.25) is 0 Å². The molecule has 5 rings (SSSR count). The normalized spacial score (nSPS) is 16.6. The number of fused-ring (bicyclic) bond motifs is 1. The maximum atomic E-state index is 6.72. The lowest BCUT2D eigenvalue weighted by molar-refractivity contribution is 0.0872. The van der Waals surface area contributed by atoms with Crippen molar-refractivity contribution in [2.45, 2.75) is 60.3 Å². The van der Waals surface area contributed by atoms with Crippen LogP contribution in [0.3, 0.4) is 0 Å². The lowest BCUT2D eigenvalue weighted by Gasteiger charge is -2.37. The van der Waals surface area contributed by atoms with Crippen molar-refractivity contribution in [2.75, 3.05) is 19.8 Å². The lowest BCUT2D eigenvalue weighted by Crippen LogP contribution is -2.48. The van der Waals surface area contributed by atoms with Crippen LogP contribution in [0.15, 0.2) is 91.0 Å². The highest BCUT2D eigenvalue weighted by molar-refractivity contribution is 6.83. The van der Waals surface area contributed by atoms with Crippen molar-refractivity contribution in [3.63, 3.8) is 0 Å². The molecule has 0 heterocycles. The van der Waals surface area contributed by atoms with Crippen molar-refractivity contribution in [1.82, 2.24) is 0 Å². The molecule has 0 saturated heterocycles. The molecule has 0 saturated carbocycles. The zero-order chi connectivity index (χ0) is 29.9. The molecule has 42 heavy (non-hydrogen) atoms. The average Bonchev–Trinajstić information content (AvgIpc) is 3.25. The van der Waals surface area contributed by atoms with Gasteiger partial charge in [0.05, 0.1) is 5.41 Å². The molecule has 1 unspecified atom stereocenters. The van der Waals surface area contributed by atoms with Gasteiger partial charge in [-0.1, -0.05) is 113 Å². The fourth-order valence-electron chi connectivity index (χ4n) is 6.50. The van der Waals surface area contributed by atoms with E-state index in [0.29, 0.717) is 19.8 Å². The molecule has 1 aliphatic rings. The van der Waals surface area contributed by atoms with Gasteiger partial charge in [-0.15, -0.1) is 0 Å². The quantitative estimate of drug-likeness (QED) is 0.167. The number of benzene rings is 4. The minimum absolute atomic E-state index is 0.486. The summed E-state index contributed by atoms with van der Waals surface area (Å²) in [6, 6.07) is 34.0. The molecule has 4 aromatic carbocycles. The molecule has 3 nitrogen and oxygen atoms in total. The van der Waals surface area contributed by atoms with Crippen molar-refractivity contribution in [3.8, 4) is 0 Å². The monoisotopic (exact) mass is 576 g/mol. The van der Waals surface area contributed by atoms with Crippen LogP contribution >= 0.6 is 0 Å². The van der Waals surface area contributed by atoms with Gasteiger partial charge in [0.1, 0.15) is 0 Å². The third kappa shape index (κ3) is 5.45. The predicted molar refractivity (Wildman–Crippen MR) is 177 cm³/mol. The molecule has 1 aliphatic carbocycles. The summed E-state index contributed by atoms with van der Waals surface area (Å²) in [6.07, 6.45) is 0.800. The number of rotatable bonds is 11. The Kier molecular flexibility index (Phi) is 9.00. The Hall–Kier alpha value is -3.28. The van der Waals surface area contributed by atoms with E-state index in [9.17, 15) is 0 Å². The fraction of sp³-hybridized carbons (Fsp3) is 0.316. The van der Waals surface area contributed by atoms with E-state index in [-0.39, 0.29) is 0 Å². The first kappa shape index (κ1) is 30.2. The Morgan fingerprint density at radius 1 is 0.571 bits per heavy atom. The van der Waals surface area contributed by atoms with Crippen LogP contribution in [0.2, 0.25) is 0 Å². The lowest BCUT2D eigenvalue weighted by atomic mass is 9.66. The second-order valence-corrected chi connectivity index (χ2v) is 13.9. The Labute approximate surface area is 253 Å². The minimum atomic E-state index is -3.38. The van der Waals surface area contributed by atoms with E-state index in [1.165, 1.54) is 55.6 Å². The van der Waals surface area contributed by atoms with Gasteiger partial charge in [0, 0.05) is 25.0 Å². The molecule has 0 radical (unpaired) electrons. The molecule has 1 atom stereocenters. The molecule has 0 amide bonds. The Morgan fingerprint density at radius 2 is 1.05 bits per heavy atom. The molecule has 0 aliphatic heterocycles. The number of hydrogen-bond donors (Lipinski definition) is 0. The summed E-state index contributed by atoms with van der Waals surface area (Å²) < 4.78 is 20.2. The predicted octanol–water partition coefficient (Wildman–Crippen LogP) is 8.96. The summed E-state index contributed by atoms with van der Waals surface area (Å²) in [6.45, 7) is 16.3. The van der Waals surface area contributed by atoms with Gasteiger partial charge in [0.15, 0.2) is 0 Å². The molecule has 0 bridgehead atoms. The van der Waals surface area contributed by atoms with Crippen molar-refractivity contribution in [2.24, 2.45) is 0 Å². The van der Waals surface area contributed by atoms with Gasteiger partial charge in [-0.25, -0.2) is 0 Å². The van der Waals surface area contributed by atoms with Crippen molar-refractivity contribution < 1.29 is 13.3 Å². The highest BCUT2D eigenvalue weighted by Gasteiger charge is 2.57. The van der Waals surface area contributed by atoms with Gasteiger partial charge in [-0.2, -0.15) is 0 Å². The maximum Gasteiger partial charge on any atom is 0.538 e. The summed E-state index contributed by atoms with van der Waals surface area (Å²) >= 11 is 0. The number of hydrogen-bond acceptors (Lipinski definition) is 3. The molecule has 0 N–H and O–H groups in total. The van der Waals surface area contributed by atoms with Gasteiger partial charge in [0.25, 0.3) is 0 Å². The molecule has 4 heteroatoms. The zero-order valence-corrected chi connectivity index (χ0v) is 27.2. The second-order valence-electron chi connectivity index (χ2n) is 11.5. The SMILES string of the molecule is CCO[Si](OCC)(OCC)C1=C(c2ccc(C)cc2)C(Cc2ccc(C)cc2)(c2ccc(C)cc2)c2ccc(C)cc21. The summed E-state index contributed by atoms with van der Waals surface area (Å²) in [4.78, 5) is 0. The topological polar surface area (TPSA) is 27.7 Å². The summed E-state index contributed by atoms with van der Waals surface area (Å²) in [5, 5.41) is 1.10. The first-order chi connectivity index (χ1) is 20.3. The van der Waals surface area contributed by atoms with E-state index >= 15 is 0 Å². The van der Waals surface area contributed by atoms with Crippen LogP contribution in [-0.2, 0) is 25.1 Å². The Balaban J connectivity index is 1.98. The minimum Gasteiger partial charge on any atom is -0.370 e. The van der Waals surface area contributed by atoms with Gasteiger partial charge in [-0.05, 0) is 88.3 Å². The number of allylic oxidation sites excluding steroid dienone is 1. The van der Waals surface area contributed by atoms with Crippen molar-refractivity contribution >= 4 is 19.6 Å². The van der Waals surface area contributed by atoms with Crippen LogP contribution in [0.4, 0.5) is 0 Å². The summed E-state index contributed by atoms with van der Waals surface area (Å²) in [5.74, 6) is 0. The first-order valence-electron chi connectivity index (χ1n) is 15.3. The molecule has 4 aromatic rings. The van der Waals surface area contributed by atoms with Gasteiger partial charge >= 0.3 is 8.80 Å². The van der Waals surface area contributed by atoms with Gasteiger partial charge < -0.3 is 13.3 Å². The first-order valence-corrected chi connectivity index (χ1v) is 17.0. The molecule has 0 spiro atoms. The smallest absolute Gasteiger partial charge is 0.370 e. The molecule has 0 fully saturated rings. The standard InChI is InChI=1S/C38H44O3Si/c1-8-39-42(40-9-2,41-10-3)37-34-25-30(7)17-24-35(34)38(33-22-15-29(6)16-23-33,26-31-18-11-27(4)12-19-31)36(37)32-20-13-28(5)14-21-32/h11-25H,8-10,26H2,1-7H3. The van der Waals surface area contributed by atoms with E-state index in [1.807, 2.05) is 20.8 Å². The average molecular weight is 577 g/mol. The van der Waals surface area contributed by atoms with Crippen LogP contribution in [0.5, 0.6) is 0 Å². The Bertz CT molecular complexity index is 1530.